The lowest BCUT2D eigenvalue weighted by atomic mass is 10.2. The molecule has 0 bridgehead atoms. The second-order valence-electron chi connectivity index (χ2n) is 4.76. The van der Waals surface area contributed by atoms with Crippen LogP contribution in [-0.4, -0.2) is 46.9 Å². The van der Waals surface area contributed by atoms with Crippen LogP contribution < -0.4 is 0 Å². The molecule has 5 nitrogen and oxygen atoms in total. The van der Waals surface area contributed by atoms with Gasteiger partial charge < -0.3 is 4.90 Å². The summed E-state index contributed by atoms with van der Waals surface area (Å²) in [6.45, 7) is 5.72. The minimum absolute atomic E-state index is 0.140. The molecule has 1 amide bonds. The van der Waals surface area contributed by atoms with Crippen LogP contribution in [-0.2, 0) is 11.3 Å². The lowest BCUT2D eigenvalue weighted by Crippen LogP contribution is -2.33. The van der Waals surface area contributed by atoms with Crippen LogP contribution in [0.2, 0.25) is 0 Å². The lowest BCUT2D eigenvalue weighted by molar-refractivity contribution is -0.128. The fourth-order valence-electron chi connectivity index (χ4n) is 2.35. The molecule has 0 atom stereocenters. The standard InChI is InChI=1S/C14H18N4O/c1-12(19)18-7-3-6-17(8-9-18)11-13-4-2-5-16-14(13)10-15/h2,4-5H,3,6-9,11H2,1H3. The van der Waals surface area contributed by atoms with E-state index in [0.717, 1.165) is 44.7 Å². The molecule has 0 aromatic carbocycles. The lowest BCUT2D eigenvalue weighted by Gasteiger charge is -2.21. The zero-order chi connectivity index (χ0) is 13.7. The molecular formula is C14H18N4O. The number of aromatic nitrogens is 1. The molecule has 1 aromatic rings. The number of carbonyl (C=O) groups excluding carboxylic acids is 1. The Labute approximate surface area is 113 Å². The van der Waals surface area contributed by atoms with Gasteiger partial charge in [-0.15, -0.1) is 0 Å². The summed E-state index contributed by atoms with van der Waals surface area (Å²) in [5.74, 6) is 0.140. The van der Waals surface area contributed by atoms with Crippen LogP contribution in [0.25, 0.3) is 0 Å². The summed E-state index contributed by atoms with van der Waals surface area (Å²) in [7, 11) is 0. The van der Waals surface area contributed by atoms with Gasteiger partial charge in [0.2, 0.25) is 5.91 Å². The number of rotatable bonds is 2. The average Bonchev–Trinajstić information content (AvgIpc) is 2.65. The summed E-state index contributed by atoms with van der Waals surface area (Å²) in [5.41, 5.74) is 1.46. The summed E-state index contributed by atoms with van der Waals surface area (Å²) in [6.07, 6.45) is 2.61. The van der Waals surface area contributed by atoms with Crippen LogP contribution in [0.5, 0.6) is 0 Å². The maximum Gasteiger partial charge on any atom is 0.219 e. The Balaban J connectivity index is 2.00. The van der Waals surface area contributed by atoms with Crippen LogP contribution >= 0.6 is 0 Å². The van der Waals surface area contributed by atoms with Gasteiger partial charge in [-0.1, -0.05) is 6.07 Å². The number of hydrogen-bond donors (Lipinski definition) is 0. The highest BCUT2D eigenvalue weighted by Gasteiger charge is 2.17. The van der Waals surface area contributed by atoms with E-state index in [0.29, 0.717) is 5.69 Å². The summed E-state index contributed by atoms with van der Waals surface area (Å²) in [6, 6.07) is 5.93. The van der Waals surface area contributed by atoms with Gasteiger partial charge >= 0.3 is 0 Å². The van der Waals surface area contributed by atoms with E-state index in [9.17, 15) is 4.79 Å². The Bertz CT molecular complexity index is 494. The van der Waals surface area contributed by atoms with Gasteiger partial charge in [0.25, 0.3) is 0 Å². The monoisotopic (exact) mass is 258 g/mol. The van der Waals surface area contributed by atoms with Crippen LogP contribution in [0.1, 0.15) is 24.6 Å². The van der Waals surface area contributed by atoms with Gasteiger partial charge in [0.05, 0.1) is 0 Å². The largest absolute Gasteiger partial charge is 0.342 e. The predicted molar refractivity (Wildman–Crippen MR) is 71.1 cm³/mol. The van der Waals surface area contributed by atoms with E-state index in [-0.39, 0.29) is 5.91 Å². The van der Waals surface area contributed by atoms with Gasteiger partial charge in [-0.25, -0.2) is 4.98 Å². The third-order valence-corrected chi connectivity index (χ3v) is 3.42. The van der Waals surface area contributed by atoms with E-state index in [2.05, 4.69) is 16.0 Å². The Kier molecular flexibility index (Phi) is 4.48. The first kappa shape index (κ1) is 13.5. The molecule has 1 saturated heterocycles. The first-order valence-corrected chi connectivity index (χ1v) is 6.52. The molecule has 2 heterocycles. The predicted octanol–water partition coefficient (Wildman–Crippen LogP) is 1.01. The maximum absolute atomic E-state index is 11.4. The number of nitriles is 1. The highest BCUT2D eigenvalue weighted by Crippen LogP contribution is 2.11. The van der Waals surface area contributed by atoms with E-state index in [1.54, 1.807) is 13.1 Å². The van der Waals surface area contributed by atoms with E-state index in [4.69, 9.17) is 5.26 Å². The molecule has 0 aliphatic carbocycles. The number of hydrogen-bond acceptors (Lipinski definition) is 4. The normalized spacial score (nSPS) is 16.7. The van der Waals surface area contributed by atoms with Gasteiger partial charge in [0.15, 0.2) is 0 Å². The van der Waals surface area contributed by atoms with Gasteiger partial charge in [-0.3, -0.25) is 9.69 Å². The van der Waals surface area contributed by atoms with Gasteiger partial charge in [-0.05, 0) is 12.5 Å². The fourth-order valence-corrected chi connectivity index (χ4v) is 2.35. The molecule has 1 fully saturated rings. The Morgan fingerprint density at radius 1 is 1.42 bits per heavy atom. The first-order chi connectivity index (χ1) is 9.20. The fraction of sp³-hybridized carbons (Fsp3) is 0.500. The molecule has 100 valence electrons. The minimum Gasteiger partial charge on any atom is -0.342 e. The van der Waals surface area contributed by atoms with Gasteiger partial charge in [0, 0.05) is 51.4 Å². The first-order valence-electron chi connectivity index (χ1n) is 6.52. The summed E-state index contributed by atoms with van der Waals surface area (Å²) >= 11 is 0. The quantitative estimate of drug-likeness (QED) is 0.794. The zero-order valence-corrected chi connectivity index (χ0v) is 11.2. The van der Waals surface area contributed by atoms with E-state index in [1.807, 2.05) is 17.0 Å². The van der Waals surface area contributed by atoms with Crippen LogP contribution in [0.3, 0.4) is 0 Å². The van der Waals surface area contributed by atoms with E-state index < -0.39 is 0 Å². The molecule has 1 aliphatic rings. The van der Waals surface area contributed by atoms with Crippen molar-refractivity contribution in [2.75, 3.05) is 26.2 Å². The Morgan fingerprint density at radius 3 is 3.00 bits per heavy atom. The van der Waals surface area contributed by atoms with E-state index in [1.165, 1.54) is 0 Å². The average molecular weight is 258 g/mol. The molecule has 0 radical (unpaired) electrons. The molecule has 0 unspecified atom stereocenters. The number of nitrogens with zero attached hydrogens (tertiary/aromatic N) is 4. The summed E-state index contributed by atoms with van der Waals surface area (Å²) < 4.78 is 0. The van der Waals surface area contributed by atoms with Gasteiger partial charge in [0.1, 0.15) is 11.8 Å². The molecule has 19 heavy (non-hydrogen) atoms. The van der Waals surface area contributed by atoms with Crippen molar-refractivity contribution in [1.29, 1.82) is 5.26 Å². The van der Waals surface area contributed by atoms with Crippen molar-refractivity contribution < 1.29 is 4.79 Å². The smallest absolute Gasteiger partial charge is 0.219 e. The van der Waals surface area contributed by atoms with Crippen molar-refractivity contribution in [3.63, 3.8) is 0 Å². The van der Waals surface area contributed by atoms with E-state index >= 15 is 0 Å². The maximum atomic E-state index is 11.4. The molecule has 0 saturated carbocycles. The highest BCUT2D eigenvalue weighted by atomic mass is 16.2. The molecule has 2 rings (SSSR count). The van der Waals surface area contributed by atoms with Crippen molar-refractivity contribution in [2.24, 2.45) is 0 Å². The van der Waals surface area contributed by atoms with Crippen molar-refractivity contribution >= 4 is 5.91 Å². The molecule has 1 aromatic heterocycles. The Morgan fingerprint density at radius 2 is 2.26 bits per heavy atom. The van der Waals surface area contributed by atoms with Crippen molar-refractivity contribution in [3.8, 4) is 6.07 Å². The number of pyridine rings is 1. The highest BCUT2D eigenvalue weighted by molar-refractivity contribution is 5.73. The third kappa shape index (κ3) is 3.52. The second-order valence-corrected chi connectivity index (χ2v) is 4.76. The SMILES string of the molecule is CC(=O)N1CCCN(Cc2cccnc2C#N)CC1. The number of carbonyl (C=O) groups is 1. The van der Waals surface area contributed by atoms with Crippen molar-refractivity contribution in [1.82, 2.24) is 14.8 Å². The van der Waals surface area contributed by atoms with Crippen LogP contribution in [0.15, 0.2) is 18.3 Å². The Hall–Kier alpha value is -1.93. The summed E-state index contributed by atoms with van der Waals surface area (Å²) in [4.78, 5) is 19.6. The summed E-state index contributed by atoms with van der Waals surface area (Å²) in [5, 5.41) is 9.03. The molecule has 0 spiro atoms. The molecule has 0 N–H and O–H groups in total. The van der Waals surface area contributed by atoms with Gasteiger partial charge in [-0.2, -0.15) is 5.26 Å². The second kappa shape index (κ2) is 6.30. The van der Waals surface area contributed by atoms with Crippen LogP contribution in [0, 0.1) is 11.3 Å². The topological polar surface area (TPSA) is 60.2 Å². The van der Waals surface area contributed by atoms with Crippen molar-refractivity contribution in [3.05, 3.63) is 29.6 Å². The number of amides is 1. The zero-order valence-electron chi connectivity index (χ0n) is 11.2. The third-order valence-electron chi connectivity index (χ3n) is 3.42. The van der Waals surface area contributed by atoms with Crippen molar-refractivity contribution in [2.45, 2.75) is 19.9 Å². The van der Waals surface area contributed by atoms with Crippen LogP contribution in [0.4, 0.5) is 0 Å². The minimum atomic E-state index is 0.140. The molecular weight excluding hydrogens is 240 g/mol. The molecule has 1 aliphatic heterocycles. The molecule has 5 heteroatoms.